The Labute approximate surface area is 227 Å². The Kier molecular flexibility index (Phi) is 6.97. The van der Waals surface area contributed by atoms with E-state index in [4.69, 9.17) is 15.7 Å². The molecule has 7 heteroatoms. The number of rotatable bonds is 9. The highest BCUT2D eigenvalue weighted by molar-refractivity contribution is 5.83. The number of hydrogen-bond donors (Lipinski definition) is 3. The molecule has 0 atom stereocenters. The molecule has 0 aliphatic carbocycles. The van der Waals surface area contributed by atoms with Crippen LogP contribution < -0.4 is 16.4 Å². The van der Waals surface area contributed by atoms with Crippen molar-refractivity contribution in [1.29, 1.82) is 0 Å². The SMILES string of the molecule is Nc1ncccc1-c1nc2ccc(NCc3ccccc3)nc2n1-c1ccc(CNCc2ccccc2)cc1. The zero-order valence-corrected chi connectivity index (χ0v) is 21.5. The first-order valence-corrected chi connectivity index (χ1v) is 13.0. The second-order valence-corrected chi connectivity index (χ2v) is 9.34. The third kappa shape index (κ3) is 5.49. The lowest BCUT2D eigenvalue weighted by molar-refractivity contribution is 0.693. The van der Waals surface area contributed by atoms with E-state index in [0.717, 1.165) is 41.3 Å². The van der Waals surface area contributed by atoms with E-state index in [9.17, 15) is 0 Å². The number of imidazole rings is 1. The molecule has 0 saturated carbocycles. The van der Waals surface area contributed by atoms with Crippen LogP contribution in [0.1, 0.15) is 16.7 Å². The molecule has 0 aliphatic rings. The standard InChI is InChI=1S/C32H29N7/c33-30-27(12-7-19-35-30)31-37-28-17-18-29(36-22-24-10-5-2-6-11-24)38-32(28)39(31)26-15-13-25(14-16-26)21-34-20-23-8-3-1-4-9-23/h1-19,34H,20-22H2,(H2,33,35)(H,36,38). The summed E-state index contributed by atoms with van der Waals surface area (Å²) in [7, 11) is 0. The van der Waals surface area contributed by atoms with E-state index in [1.54, 1.807) is 6.20 Å². The summed E-state index contributed by atoms with van der Waals surface area (Å²) in [5, 5.41) is 6.96. The Bertz CT molecular complexity index is 1680. The monoisotopic (exact) mass is 511 g/mol. The van der Waals surface area contributed by atoms with Crippen LogP contribution in [0.3, 0.4) is 0 Å². The van der Waals surface area contributed by atoms with Crippen LogP contribution in [0.15, 0.2) is 115 Å². The Balaban J connectivity index is 1.32. The van der Waals surface area contributed by atoms with Crippen molar-refractivity contribution in [3.05, 3.63) is 132 Å². The van der Waals surface area contributed by atoms with Gasteiger partial charge in [-0.2, -0.15) is 0 Å². The number of anilines is 2. The van der Waals surface area contributed by atoms with Crippen molar-refractivity contribution in [2.75, 3.05) is 11.1 Å². The maximum atomic E-state index is 6.28. The Morgan fingerprint density at radius 3 is 2.00 bits per heavy atom. The minimum Gasteiger partial charge on any atom is -0.383 e. The van der Waals surface area contributed by atoms with Gasteiger partial charge >= 0.3 is 0 Å². The van der Waals surface area contributed by atoms with Crippen LogP contribution in [0.4, 0.5) is 11.6 Å². The lowest BCUT2D eigenvalue weighted by atomic mass is 10.1. The van der Waals surface area contributed by atoms with Gasteiger partial charge in [0.2, 0.25) is 0 Å². The molecule has 4 N–H and O–H groups in total. The number of nitrogens with zero attached hydrogens (tertiary/aromatic N) is 4. The van der Waals surface area contributed by atoms with Gasteiger partial charge in [-0.3, -0.25) is 4.57 Å². The predicted molar refractivity (Wildman–Crippen MR) is 157 cm³/mol. The van der Waals surface area contributed by atoms with E-state index in [-0.39, 0.29) is 0 Å². The Morgan fingerprint density at radius 2 is 1.31 bits per heavy atom. The van der Waals surface area contributed by atoms with E-state index >= 15 is 0 Å². The van der Waals surface area contributed by atoms with Crippen molar-refractivity contribution in [3.63, 3.8) is 0 Å². The number of nitrogens with one attached hydrogen (secondary N) is 2. The van der Waals surface area contributed by atoms with Gasteiger partial charge in [-0.25, -0.2) is 15.0 Å². The summed E-state index contributed by atoms with van der Waals surface area (Å²) < 4.78 is 2.05. The minimum absolute atomic E-state index is 0.429. The van der Waals surface area contributed by atoms with Gasteiger partial charge in [-0.15, -0.1) is 0 Å². The third-order valence-electron chi connectivity index (χ3n) is 6.60. The predicted octanol–water partition coefficient (Wildman–Crippen LogP) is 5.97. The van der Waals surface area contributed by atoms with Gasteiger partial charge in [0.15, 0.2) is 11.5 Å². The van der Waals surface area contributed by atoms with Gasteiger partial charge in [-0.1, -0.05) is 72.8 Å². The second kappa shape index (κ2) is 11.2. The number of nitrogen functional groups attached to an aromatic ring is 1. The number of nitrogens with two attached hydrogens (primary N) is 1. The lowest BCUT2D eigenvalue weighted by Gasteiger charge is -2.12. The van der Waals surface area contributed by atoms with Crippen molar-refractivity contribution in [2.24, 2.45) is 0 Å². The number of pyridine rings is 2. The zero-order valence-electron chi connectivity index (χ0n) is 21.5. The van der Waals surface area contributed by atoms with Gasteiger partial charge in [0.05, 0.1) is 5.56 Å². The summed E-state index contributed by atoms with van der Waals surface area (Å²) >= 11 is 0. The van der Waals surface area contributed by atoms with Crippen LogP contribution in [-0.2, 0) is 19.6 Å². The Morgan fingerprint density at radius 1 is 0.641 bits per heavy atom. The van der Waals surface area contributed by atoms with E-state index in [1.165, 1.54) is 16.7 Å². The maximum Gasteiger partial charge on any atom is 0.167 e. The lowest BCUT2D eigenvalue weighted by Crippen LogP contribution is -2.12. The summed E-state index contributed by atoms with van der Waals surface area (Å²) in [6, 6.07) is 36.9. The molecular formula is C32H29N7. The molecule has 7 nitrogen and oxygen atoms in total. The van der Waals surface area contributed by atoms with Crippen LogP contribution in [0, 0.1) is 0 Å². The number of benzene rings is 3. The van der Waals surface area contributed by atoms with Crippen LogP contribution in [-0.4, -0.2) is 19.5 Å². The highest BCUT2D eigenvalue weighted by Gasteiger charge is 2.18. The van der Waals surface area contributed by atoms with Crippen molar-refractivity contribution >= 4 is 22.8 Å². The van der Waals surface area contributed by atoms with Crippen molar-refractivity contribution in [3.8, 4) is 17.1 Å². The molecule has 0 radical (unpaired) electrons. The van der Waals surface area contributed by atoms with Crippen molar-refractivity contribution in [2.45, 2.75) is 19.6 Å². The highest BCUT2D eigenvalue weighted by Crippen LogP contribution is 2.31. The summed E-state index contributed by atoms with van der Waals surface area (Å²) in [5.74, 6) is 1.91. The zero-order chi connectivity index (χ0) is 26.4. The molecule has 3 heterocycles. The number of hydrogen-bond acceptors (Lipinski definition) is 6. The summed E-state index contributed by atoms with van der Waals surface area (Å²) in [5.41, 5.74) is 13.2. The molecule has 0 bridgehead atoms. The third-order valence-corrected chi connectivity index (χ3v) is 6.60. The van der Waals surface area contributed by atoms with Crippen LogP contribution in [0.2, 0.25) is 0 Å². The molecule has 3 aromatic carbocycles. The van der Waals surface area contributed by atoms with Gasteiger partial charge in [0.1, 0.15) is 17.2 Å². The van der Waals surface area contributed by atoms with Crippen molar-refractivity contribution in [1.82, 2.24) is 24.8 Å². The minimum atomic E-state index is 0.429. The van der Waals surface area contributed by atoms with Gasteiger partial charge in [0.25, 0.3) is 0 Å². The fourth-order valence-electron chi connectivity index (χ4n) is 4.59. The molecule has 0 unspecified atom stereocenters. The highest BCUT2D eigenvalue weighted by atomic mass is 15.2. The van der Waals surface area contributed by atoms with E-state index < -0.39 is 0 Å². The fourth-order valence-corrected chi connectivity index (χ4v) is 4.59. The smallest absolute Gasteiger partial charge is 0.167 e. The molecule has 0 amide bonds. The Hall–Kier alpha value is -5.01. The molecular weight excluding hydrogens is 482 g/mol. The van der Waals surface area contributed by atoms with E-state index in [0.29, 0.717) is 18.2 Å². The molecule has 0 spiro atoms. The topological polar surface area (TPSA) is 93.7 Å². The average molecular weight is 512 g/mol. The van der Waals surface area contributed by atoms with Gasteiger partial charge in [0, 0.05) is 31.5 Å². The molecule has 192 valence electrons. The maximum absolute atomic E-state index is 6.28. The van der Waals surface area contributed by atoms with E-state index in [2.05, 4.69) is 80.8 Å². The molecule has 0 saturated heterocycles. The van der Waals surface area contributed by atoms with E-state index in [1.807, 2.05) is 48.5 Å². The van der Waals surface area contributed by atoms with Gasteiger partial charge in [-0.05, 0) is 53.1 Å². The van der Waals surface area contributed by atoms with Gasteiger partial charge < -0.3 is 16.4 Å². The first kappa shape index (κ1) is 24.3. The second-order valence-electron chi connectivity index (χ2n) is 9.34. The number of fused-ring (bicyclic) bond motifs is 1. The van der Waals surface area contributed by atoms with Crippen LogP contribution >= 0.6 is 0 Å². The molecule has 6 rings (SSSR count). The van der Waals surface area contributed by atoms with Crippen LogP contribution in [0.5, 0.6) is 0 Å². The van der Waals surface area contributed by atoms with Crippen molar-refractivity contribution < 1.29 is 0 Å². The molecule has 39 heavy (non-hydrogen) atoms. The summed E-state index contributed by atoms with van der Waals surface area (Å²) in [4.78, 5) is 14.2. The largest absolute Gasteiger partial charge is 0.383 e. The number of aromatic nitrogens is 4. The fraction of sp³-hybridized carbons (Fsp3) is 0.0938. The first-order chi connectivity index (χ1) is 19.2. The normalized spacial score (nSPS) is 11.1. The summed E-state index contributed by atoms with van der Waals surface area (Å²) in [6.07, 6.45) is 1.69. The first-order valence-electron chi connectivity index (χ1n) is 13.0. The quantitative estimate of drug-likeness (QED) is 0.222. The molecule has 0 aliphatic heterocycles. The molecule has 6 aromatic rings. The molecule has 0 fully saturated rings. The van der Waals surface area contributed by atoms with Crippen LogP contribution in [0.25, 0.3) is 28.2 Å². The molecule has 3 aromatic heterocycles. The average Bonchev–Trinajstić information content (AvgIpc) is 3.36. The summed E-state index contributed by atoms with van der Waals surface area (Å²) in [6.45, 7) is 2.27.